The van der Waals surface area contributed by atoms with Crippen molar-refractivity contribution in [3.63, 3.8) is 0 Å². The van der Waals surface area contributed by atoms with Gasteiger partial charge in [0, 0.05) is 17.0 Å². The van der Waals surface area contributed by atoms with Crippen molar-refractivity contribution in [3.05, 3.63) is 31.3 Å². The highest BCUT2D eigenvalue weighted by Gasteiger charge is 2.22. The van der Waals surface area contributed by atoms with Crippen molar-refractivity contribution in [3.8, 4) is 0 Å². The number of fused-ring (bicyclic) bond motifs is 3. The van der Waals surface area contributed by atoms with Crippen LogP contribution in [0.3, 0.4) is 0 Å². The number of nitrogens with zero attached hydrogens (tertiary/aromatic N) is 1. The Balaban J connectivity index is 2.28. The van der Waals surface area contributed by atoms with Gasteiger partial charge >= 0.3 is 5.69 Å². The van der Waals surface area contributed by atoms with E-state index in [1.807, 2.05) is 13.8 Å². The second-order valence-corrected chi connectivity index (χ2v) is 7.33. The van der Waals surface area contributed by atoms with E-state index >= 15 is 0 Å². The highest BCUT2D eigenvalue weighted by atomic mass is 32.1. The molecule has 0 saturated carbocycles. The van der Waals surface area contributed by atoms with E-state index < -0.39 is 5.54 Å². The summed E-state index contributed by atoms with van der Waals surface area (Å²) in [5.41, 5.74) is 5.94. The molecular weight excluding hydrogens is 274 g/mol. The molecule has 2 aromatic rings. The number of aromatic amines is 1. The Kier molecular flexibility index (Phi) is 3.10. The van der Waals surface area contributed by atoms with Crippen molar-refractivity contribution in [1.29, 1.82) is 0 Å². The van der Waals surface area contributed by atoms with Gasteiger partial charge in [0.15, 0.2) is 0 Å². The van der Waals surface area contributed by atoms with Gasteiger partial charge in [0.2, 0.25) is 0 Å². The van der Waals surface area contributed by atoms with Gasteiger partial charge in [-0.05, 0) is 45.1 Å². The molecule has 0 saturated heterocycles. The maximum Gasteiger partial charge on any atom is 0.329 e. The summed E-state index contributed by atoms with van der Waals surface area (Å²) >= 11 is 1.55. The SMILES string of the molecule is CC(C)(N)Cn1c(=O)[nH]c2sc3c(c2c1=O)CCCC3. The quantitative estimate of drug-likeness (QED) is 0.877. The Labute approximate surface area is 120 Å². The van der Waals surface area contributed by atoms with Gasteiger partial charge in [-0.25, -0.2) is 4.79 Å². The van der Waals surface area contributed by atoms with E-state index in [-0.39, 0.29) is 17.8 Å². The normalized spacial score (nSPS) is 15.6. The fraction of sp³-hybridized carbons (Fsp3) is 0.571. The van der Waals surface area contributed by atoms with Crippen LogP contribution < -0.4 is 17.0 Å². The van der Waals surface area contributed by atoms with Crippen LogP contribution in [0.4, 0.5) is 0 Å². The molecule has 0 atom stereocenters. The average molecular weight is 293 g/mol. The molecule has 6 heteroatoms. The maximum absolute atomic E-state index is 12.7. The zero-order chi connectivity index (χ0) is 14.5. The Morgan fingerprint density at radius 2 is 2.00 bits per heavy atom. The third kappa shape index (κ3) is 2.23. The summed E-state index contributed by atoms with van der Waals surface area (Å²) in [7, 11) is 0. The summed E-state index contributed by atoms with van der Waals surface area (Å²) in [6.45, 7) is 3.85. The fourth-order valence-corrected chi connectivity index (χ4v) is 4.09. The van der Waals surface area contributed by atoms with Gasteiger partial charge in [0.25, 0.3) is 5.56 Å². The van der Waals surface area contributed by atoms with Gasteiger partial charge in [-0.15, -0.1) is 11.3 Å². The largest absolute Gasteiger partial charge is 0.329 e. The van der Waals surface area contributed by atoms with Gasteiger partial charge in [0.1, 0.15) is 4.83 Å². The first-order valence-electron chi connectivity index (χ1n) is 6.93. The van der Waals surface area contributed by atoms with Gasteiger partial charge in [-0.2, -0.15) is 0 Å². The van der Waals surface area contributed by atoms with Crippen LogP contribution in [-0.2, 0) is 19.4 Å². The monoisotopic (exact) mass is 293 g/mol. The summed E-state index contributed by atoms with van der Waals surface area (Å²) in [5, 5.41) is 0.702. The van der Waals surface area contributed by atoms with Gasteiger partial charge in [0.05, 0.1) is 5.39 Å². The topological polar surface area (TPSA) is 80.9 Å². The van der Waals surface area contributed by atoms with Gasteiger partial charge in [-0.3, -0.25) is 14.3 Å². The molecule has 20 heavy (non-hydrogen) atoms. The molecule has 0 unspecified atom stereocenters. The second-order valence-electron chi connectivity index (χ2n) is 6.23. The first-order chi connectivity index (χ1) is 9.37. The second kappa shape index (κ2) is 4.56. The lowest BCUT2D eigenvalue weighted by Crippen LogP contribution is -2.46. The van der Waals surface area contributed by atoms with Crippen LogP contribution in [0.2, 0.25) is 0 Å². The number of nitrogens with one attached hydrogen (secondary N) is 1. The van der Waals surface area contributed by atoms with Crippen LogP contribution in [0.25, 0.3) is 10.2 Å². The minimum Gasteiger partial charge on any atom is -0.324 e. The number of hydrogen-bond donors (Lipinski definition) is 2. The van der Waals surface area contributed by atoms with E-state index in [1.54, 1.807) is 11.3 Å². The van der Waals surface area contributed by atoms with E-state index in [0.29, 0.717) is 5.39 Å². The highest BCUT2D eigenvalue weighted by Crippen LogP contribution is 2.32. The zero-order valence-electron chi connectivity index (χ0n) is 11.8. The molecule has 2 heterocycles. The molecule has 1 aliphatic rings. The number of rotatable bonds is 2. The summed E-state index contributed by atoms with van der Waals surface area (Å²) < 4.78 is 1.24. The zero-order valence-corrected chi connectivity index (χ0v) is 12.6. The third-order valence-electron chi connectivity index (χ3n) is 3.66. The number of nitrogens with two attached hydrogens (primary N) is 1. The van der Waals surface area contributed by atoms with E-state index in [1.165, 1.54) is 9.44 Å². The smallest absolute Gasteiger partial charge is 0.324 e. The Bertz CT molecular complexity index is 777. The molecule has 0 fully saturated rings. The average Bonchev–Trinajstić information content (AvgIpc) is 2.71. The molecule has 0 amide bonds. The first kappa shape index (κ1) is 13.6. The van der Waals surface area contributed by atoms with Crippen LogP contribution in [0, 0.1) is 0 Å². The molecule has 2 aromatic heterocycles. The lowest BCUT2D eigenvalue weighted by molar-refractivity contribution is 0.417. The van der Waals surface area contributed by atoms with Crippen molar-refractivity contribution in [2.75, 3.05) is 0 Å². The summed E-state index contributed by atoms with van der Waals surface area (Å²) in [6.07, 6.45) is 4.22. The highest BCUT2D eigenvalue weighted by molar-refractivity contribution is 7.18. The van der Waals surface area contributed by atoms with Crippen molar-refractivity contribution in [2.45, 2.75) is 51.6 Å². The van der Waals surface area contributed by atoms with Crippen LogP contribution in [-0.4, -0.2) is 15.1 Å². The maximum atomic E-state index is 12.7. The predicted molar refractivity (Wildman–Crippen MR) is 81.6 cm³/mol. The predicted octanol–water partition coefficient (Wildman–Crippen LogP) is 1.37. The summed E-state index contributed by atoms with van der Waals surface area (Å²) in [6, 6.07) is 0. The Morgan fingerprint density at radius 1 is 1.30 bits per heavy atom. The standard InChI is InChI=1S/C14H19N3O2S/c1-14(2,15)7-17-12(18)10-8-5-3-4-6-9(8)20-11(10)16-13(17)19/h3-7,15H2,1-2H3,(H,16,19). The van der Waals surface area contributed by atoms with E-state index in [0.717, 1.165) is 36.1 Å². The van der Waals surface area contributed by atoms with Crippen LogP contribution in [0.5, 0.6) is 0 Å². The van der Waals surface area contributed by atoms with Crippen molar-refractivity contribution in [1.82, 2.24) is 9.55 Å². The summed E-state index contributed by atoms with van der Waals surface area (Å²) in [4.78, 5) is 29.6. The van der Waals surface area contributed by atoms with Crippen molar-refractivity contribution in [2.24, 2.45) is 5.73 Å². The van der Waals surface area contributed by atoms with Crippen molar-refractivity contribution >= 4 is 21.6 Å². The molecule has 3 rings (SSSR count). The Morgan fingerprint density at radius 3 is 2.70 bits per heavy atom. The van der Waals surface area contributed by atoms with E-state index in [4.69, 9.17) is 5.73 Å². The van der Waals surface area contributed by atoms with E-state index in [2.05, 4.69) is 4.98 Å². The number of hydrogen-bond acceptors (Lipinski definition) is 4. The molecule has 0 bridgehead atoms. The molecule has 0 aromatic carbocycles. The molecule has 1 aliphatic carbocycles. The van der Waals surface area contributed by atoms with Crippen LogP contribution in [0.15, 0.2) is 9.59 Å². The lowest BCUT2D eigenvalue weighted by Gasteiger charge is -2.19. The molecule has 3 N–H and O–H groups in total. The minimum absolute atomic E-state index is 0.193. The molecular formula is C14H19N3O2S. The molecule has 5 nitrogen and oxygen atoms in total. The first-order valence-corrected chi connectivity index (χ1v) is 7.75. The number of H-pyrrole nitrogens is 1. The third-order valence-corrected chi connectivity index (χ3v) is 4.87. The summed E-state index contributed by atoms with van der Waals surface area (Å²) in [5.74, 6) is 0. The number of aryl methyl sites for hydroxylation is 2. The van der Waals surface area contributed by atoms with Crippen LogP contribution >= 0.6 is 11.3 Å². The Hall–Kier alpha value is -1.40. The lowest BCUT2D eigenvalue weighted by atomic mass is 9.97. The molecule has 0 aliphatic heterocycles. The molecule has 108 valence electrons. The minimum atomic E-state index is -0.597. The fourth-order valence-electron chi connectivity index (χ4n) is 2.82. The van der Waals surface area contributed by atoms with Gasteiger partial charge < -0.3 is 5.73 Å². The number of thiophene rings is 1. The van der Waals surface area contributed by atoms with Crippen LogP contribution in [0.1, 0.15) is 37.1 Å². The molecule has 0 spiro atoms. The van der Waals surface area contributed by atoms with Crippen molar-refractivity contribution < 1.29 is 0 Å². The van der Waals surface area contributed by atoms with Gasteiger partial charge in [-0.1, -0.05) is 0 Å². The number of aromatic nitrogens is 2. The van der Waals surface area contributed by atoms with E-state index in [9.17, 15) is 9.59 Å². The molecule has 0 radical (unpaired) electrons.